The Bertz CT molecular complexity index is 66.5. The molecule has 0 heterocycles. The van der Waals surface area contributed by atoms with Crippen LogP contribution in [-0.2, 0) is 33.0 Å². The molecular formula is C12H22Ni2. The zero-order chi connectivity index (χ0) is 9.07. The summed E-state index contributed by atoms with van der Waals surface area (Å²) in [6, 6.07) is 0. The van der Waals surface area contributed by atoms with Gasteiger partial charge >= 0.3 is 0 Å². The van der Waals surface area contributed by atoms with E-state index >= 15 is 0 Å². The Kier molecular flexibility index (Phi) is 27.4. The van der Waals surface area contributed by atoms with Crippen LogP contribution in [0, 0.1) is 12.8 Å². The van der Waals surface area contributed by atoms with Crippen LogP contribution in [0.2, 0.25) is 0 Å². The van der Waals surface area contributed by atoms with E-state index in [1.54, 1.807) is 0 Å². The van der Waals surface area contributed by atoms with Crippen LogP contribution < -0.4 is 0 Å². The van der Waals surface area contributed by atoms with Crippen molar-refractivity contribution in [2.45, 2.75) is 64.2 Å². The van der Waals surface area contributed by atoms with Crippen LogP contribution in [0.4, 0.5) is 0 Å². The molecule has 0 N–H and O–H groups in total. The van der Waals surface area contributed by atoms with Gasteiger partial charge in [-0.15, -0.1) is 12.8 Å². The fraction of sp³-hybridized carbons (Fsp3) is 0.833. The average Bonchev–Trinajstić information content (AvgIpc) is 2.87. The normalized spacial score (nSPS) is 17.3. The van der Waals surface area contributed by atoms with Crippen molar-refractivity contribution in [3.05, 3.63) is 0 Å². The fourth-order valence-electron chi connectivity index (χ4n) is 1.77. The molecule has 0 aromatic heterocycles. The molecule has 90 valence electrons. The summed E-state index contributed by atoms with van der Waals surface area (Å²) in [4.78, 5) is 0. The first kappa shape index (κ1) is 20.0. The molecule has 2 saturated carbocycles. The Balaban J connectivity index is -0.000000131. The van der Waals surface area contributed by atoms with E-state index in [-0.39, 0.29) is 33.0 Å². The van der Waals surface area contributed by atoms with Gasteiger partial charge in [-0.3, -0.25) is 0 Å². The molecule has 2 aliphatic rings. The van der Waals surface area contributed by atoms with E-state index in [9.17, 15) is 0 Å². The van der Waals surface area contributed by atoms with Gasteiger partial charge in [0.15, 0.2) is 0 Å². The molecule has 2 fully saturated rings. The molecule has 2 rings (SSSR count). The van der Waals surface area contributed by atoms with Crippen molar-refractivity contribution < 1.29 is 33.0 Å². The van der Waals surface area contributed by atoms with Gasteiger partial charge < -0.3 is 0 Å². The minimum atomic E-state index is 0. The van der Waals surface area contributed by atoms with Crippen molar-refractivity contribution in [3.8, 4) is 12.8 Å². The monoisotopic (exact) mass is 282 g/mol. The topological polar surface area (TPSA) is 0 Å². The predicted molar refractivity (Wildman–Crippen MR) is 56.1 cm³/mol. The number of hydrogen-bond donors (Lipinski definition) is 0. The van der Waals surface area contributed by atoms with Gasteiger partial charge in [-0.1, -0.05) is 64.2 Å². The molecule has 0 aromatic carbocycles. The molecule has 0 aliphatic heterocycles. The zero-order valence-corrected chi connectivity index (χ0v) is 10.8. The van der Waals surface area contributed by atoms with E-state index in [1.165, 1.54) is 64.2 Å². The zero-order valence-electron chi connectivity index (χ0n) is 8.86. The molecule has 0 spiro atoms. The first-order valence-corrected chi connectivity index (χ1v) is 5.33. The first-order chi connectivity index (χ1) is 6.00. The maximum Gasteiger partial charge on any atom is 0 e. The minimum Gasteiger partial charge on any atom is -0.124 e. The van der Waals surface area contributed by atoms with Crippen molar-refractivity contribution in [2.24, 2.45) is 0 Å². The second-order valence-corrected chi connectivity index (χ2v) is 3.54. The molecular weight excluding hydrogens is 262 g/mol. The molecule has 0 bridgehead atoms. The van der Waals surface area contributed by atoms with E-state index in [1.807, 2.05) is 0 Å². The fourth-order valence-corrected chi connectivity index (χ4v) is 1.77. The minimum absolute atomic E-state index is 0. The Morgan fingerprint density at radius 3 is 0.500 bits per heavy atom. The van der Waals surface area contributed by atoms with E-state index in [0.29, 0.717) is 0 Å². The maximum absolute atomic E-state index is 4.00. The molecule has 0 atom stereocenters. The van der Waals surface area contributed by atoms with Crippen molar-refractivity contribution in [1.82, 2.24) is 0 Å². The average molecular weight is 284 g/mol. The molecule has 2 heteroatoms. The quantitative estimate of drug-likeness (QED) is 0.463. The molecule has 0 nitrogen and oxygen atoms in total. The van der Waals surface area contributed by atoms with E-state index in [0.717, 1.165) is 0 Å². The third-order valence-electron chi connectivity index (χ3n) is 2.50. The second kappa shape index (κ2) is 19.2. The summed E-state index contributed by atoms with van der Waals surface area (Å²) in [5.41, 5.74) is 0. The van der Waals surface area contributed by atoms with Gasteiger partial charge in [0, 0.05) is 33.0 Å². The Morgan fingerprint density at radius 2 is 0.429 bits per heavy atom. The van der Waals surface area contributed by atoms with Gasteiger partial charge in [-0.2, -0.15) is 0 Å². The smallest absolute Gasteiger partial charge is 0 e. The summed E-state index contributed by atoms with van der Waals surface area (Å²) in [7, 11) is 0. The molecule has 2 aliphatic carbocycles. The van der Waals surface area contributed by atoms with Crippen LogP contribution in [0.3, 0.4) is 0 Å². The van der Waals surface area contributed by atoms with Crippen LogP contribution >= 0.6 is 0 Å². The third kappa shape index (κ3) is 15.0. The SMILES string of the molecule is C#C.C1CCCC1.C1CCCC1.[Ni].[Ni]. The van der Waals surface area contributed by atoms with Gasteiger partial charge in [0.2, 0.25) is 0 Å². The van der Waals surface area contributed by atoms with Gasteiger partial charge in [0.1, 0.15) is 0 Å². The maximum atomic E-state index is 4.00. The summed E-state index contributed by atoms with van der Waals surface area (Å²) in [6.07, 6.45) is 23.0. The van der Waals surface area contributed by atoms with Gasteiger partial charge in [-0.25, -0.2) is 0 Å². The van der Waals surface area contributed by atoms with Crippen LogP contribution in [0.5, 0.6) is 0 Å². The number of terminal acetylenes is 1. The molecule has 14 heavy (non-hydrogen) atoms. The van der Waals surface area contributed by atoms with Crippen LogP contribution in [0.25, 0.3) is 0 Å². The summed E-state index contributed by atoms with van der Waals surface area (Å²) >= 11 is 0. The molecule has 0 amide bonds. The molecule has 0 unspecified atom stereocenters. The predicted octanol–water partition coefficient (Wildman–Crippen LogP) is 4.15. The van der Waals surface area contributed by atoms with Crippen molar-refractivity contribution >= 4 is 0 Å². The second-order valence-electron chi connectivity index (χ2n) is 3.54. The first-order valence-electron chi connectivity index (χ1n) is 5.33. The Morgan fingerprint density at radius 1 is 0.357 bits per heavy atom. The summed E-state index contributed by atoms with van der Waals surface area (Å²) in [5, 5.41) is 0. The standard InChI is InChI=1S/2C5H10.C2H2.2Ni/c2*1-2-4-5-3-1;1-2;;/h2*1-5H2;1-2H;;. The van der Waals surface area contributed by atoms with E-state index in [4.69, 9.17) is 0 Å². The summed E-state index contributed by atoms with van der Waals surface area (Å²) in [6.45, 7) is 0. The van der Waals surface area contributed by atoms with Gasteiger partial charge in [0.05, 0.1) is 0 Å². The van der Waals surface area contributed by atoms with Gasteiger partial charge in [0.25, 0.3) is 0 Å². The van der Waals surface area contributed by atoms with Crippen LogP contribution in [0.1, 0.15) is 64.2 Å². The van der Waals surface area contributed by atoms with Crippen molar-refractivity contribution in [1.29, 1.82) is 0 Å². The molecule has 0 radical (unpaired) electrons. The number of rotatable bonds is 0. The van der Waals surface area contributed by atoms with E-state index < -0.39 is 0 Å². The Labute approximate surface area is 110 Å². The molecule has 0 aromatic rings. The van der Waals surface area contributed by atoms with Crippen molar-refractivity contribution in [2.75, 3.05) is 0 Å². The number of hydrogen-bond acceptors (Lipinski definition) is 0. The summed E-state index contributed by atoms with van der Waals surface area (Å²) < 4.78 is 0. The van der Waals surface area contributed by atoms with Crippen LogP contribution in [0.15, 0.2) is 0 Å². The largest absolute Gasteiger partial charge is 0.124 e. The van der Waals surface area contributed by atoms with Crippen molar-refractivity contribution in [3.63, 3.8) is 0 Å². The molecule has 0 saturated heterocycles. The van der Waals surface area contributed by atoms with E-state index in [2.05, 4.69) is 12.8 Å². The third-order valence-corrected chi connectivity index (χ3v) is 2.50. The van der Waals surface area contributed by atoms with Gasteiger partial charge in [-0.05, 0) is 0 Å². The summed E-state index contributed by atoms with van der Waals surface area (Å²) in [5.74, 6) is 0. The Hall–Kier alpha value is 0.547. The van der Waals surface area contributed by atoms with Crippen LogP contribution in [-0.4, -0.2) is 0 Å².